The minimum Gasteiger partial charge on any atom is -0.481 e. The molecule has 0 bridgehead atoms. The molecular weight excluding hydrogens is 264 g/mol. The van der Waals surface area contributed by atoms with E-state index in [1.807, 2.05) is 0 Å². The Kier molecular flexibility index (Phi) is 22.4. The van der Waals surface area contributed by atoms with Crippen molar-refractivity contribution in [2.24, 2.45) is 0 Å². The fourth-order valence-electron chi connectivity index (χ4n) is 2.01. The minimum atomic E-state index is -0.833. The van der Waals surface area contributed by atoms with E-state index >= 15 is 0 Å². The Morgan fingerprint density at radius 2 is 1.38 bits per heavy atom. The highest BCUT2D eigenvalue weighted by atomic mass is 16.4. The summed E-state index contributed by atoms with van der Waals surface area (Å²) >= 11 is 0. The summed E-state index contributed by atoms with van der Waals surface area (Å²) in [6.45, 7) is 5.29. The SMILES string of the molecule is CC(=O)O.CCCCCCCCCCCCNCCC#N. The van der Waals surface area contributed by atoms with Crippen LogP contribution in [0.25, 0.3) is 0 Å². The molecule has 0 spiro atoms. The first kappa shape index (κ1) is 22.2. The van der Waals surface area contributed by atoms with Gasteiger partial charge in [-0.25, -0.2) is 0 Å². The number of nitrogens with zero attached hydrogens (tertiary/aromatic N) is 1. The van der Waals surface area contributed by atoms with Gasteiger partial charge in [-0.15, -0.1) is 0 Å². The lowest BCUT2D eigenvalue weighted by Gasteiger charge is -2.03. The van der Waals surface area contributed by atoms with Gasteiger partial charge >= 0.3 is 0 Å². The van der Waals surface area contributed by atoms with Crippen LogP contribution < -0.4 is 5.32 Å². The molecule has 0 unspecified atom stereocenters. The van der Waals surface area contributed by atoms with Crippen LogP contribution in [0.5, 0.6) is 0 Å². The first-order valence-electron chi connectivity index (χ1n) is 8.42. The lowest BCUT2D eigenvalue weighted by atomic mass is 10.1. The van der Waals surface area contributed by atoms with E-state index in [-0.39, 0.29) is 0 Å². The number of unbranched alkanes of at least 4 members (excludes halogenated alkanes) is 9. The summed E-state index contributed by atoms with van der Waals surface area (Å²) in [7, 11) is 0. The maximum absolute atomic E-state index is 9.00. The van der Waals surface area contributed by atoms with Crippen molar-refractivity contribution in [3.05, 3.63) is 0 Å². The highest BCUT2D eigenvalue weighted by molar-refractivity contribution is 5.62. The molecule has 0 saturated heterocycles. The van der Waals surface area contributed by atoms with Gasteiger partial charge in [0.05, 0.1) is 6.07 Å². The second-order valence-corrected chi connectivity index (χ2v) is 5.36. The fraction of sp³-hybridized carbons (Fsp3) is 0.882. The lowest BCUT2D eigenvalue weighted by Crippen LogP contribution is -2.15. The summed E-state index contributed by atoms with van der Waals surface area (Å²) in [6, 6.07) is 2.14. The lowest BCUT2D eigenvalue weighted by molar-refractivity contribution is -0.134. The van der Waals surface area contributed by atoms with Crippen LogP contribution in [0.4, 0.5) is 0 Å². The molecule has 0 atom stereocenters. The van der Waals surface area contributed by atoms with Gasteiger partial charge < -0.3 is 10.4 Å². The second kappa shape index (κ2) is 21.2. The zero-order valence-corrected chi connectivity index (χ0v) is 14.0. The zero-order valence-electron chi connectivity index (χ0n) is 14.0. The van der Waals surface area contributed by atoms with Crippen LogP contribution in [0, 0.1) is 11.3 Å². The van der Waals surface area contributed by atoms with Gasteiger partial charge in [0.25, 0.3) is 5.97 Å². The summed E-state index contributed by atoms with van der Waals surface area (Å²) < 4.78 is 0. The van der Waals surface area contributed by atoms with Gasteiger partial charge in [0.2, 0.25) is 0 Å². The molecule has 0 aliphatic heterocycles. The molecular formula is C17H34N2O2. The number of nitriles is 1. The topological polar surface area (TPSA) is 73.1 Å². The number of rotatable bonds is 13. The van der Waals surface area contributed by atoms with Gasteiger partial charge in [0.15, 0.2) is 0 Å². The number of nitrogens with one attached hydrogen (secondary N) is 1. The van der Waals surface area contributed by atoms with E-state index in [9.17, 15) is 0 Å². The van der Waals surface area contributed by atoms with E-state index in [0.29, 0.717) is 6.42 Å². The highest BCUT2D eigenvalue weighted by Gasteiger charge is 1.92. The van der Waals surface area contributed by atoms with Crippen molar-refractivity contribution in [2.75, 3.05) is 13.1 Å². The van der Waals surface area contributed by atoms with Crippen LogP contribution >= 0.6 is 0 Å². The molecule has 4 heteroatoms. The third-order valence-electron chi connectivity index (χ3n) is 3.12. The average Bonchev–Trinajstić information content (AvgIpc) is 2.43. The number of carboxylic acid groups (broad SMARTS) is 1. The van der Waals surface area contributed by atoms with Gasteiger partial charge in [-0.1, -0.05) is 64.7 Å². The molecule has 0 aromatic heterocycles. The Hall–Kier alpha value is -1.08. The molecule has 0 aliphatic rings. The number of aliphatic carboxylic acids is 1. The van der Waals surface area contributed by atoms with Crippen LogP contribution in [0.3, 0.4) is 0 Å². The van der Waals surface area contributed by atoms with Crippen molar-refractivity contribution in [2.45, 2.75) is 84.5 Å². The van der Waals surface area contributed by atoms with Gasteiger partial charge in [-0.05, 0) is 13.0 Å². The number of hydrogen-bond donors (Lipinski definition) is 2. The Labute approximate surface area is 130 Å². The predicted octanol–water partition coefficient (Wildman–Crippen LogP) is 4.50. The fourth-order valence-corrected chi connectivity index (χ4v) is 2.01. The van der Waals surface area contributed by atoms with E-state index in [2.05, 4.69) is 18.3 Å². The molecule has 0 aromatic carbocycles. The molecule has 0 aliphatic carbocycles. The molecule has 0 rings (SSSR count). The van der Waals surface area contributed by atoms with Crippen LogP contribution in [0.1, 0.15) is 84.5 Å². The third kappa shape index (κ3) is 32.4. The van der Waals surface area contributed by atoms with Crippen LogP contribution in [0.2, 0.25) is 0 Å². The summed E-state index contributed by atoms with van der Waals surface area (Å²) in [4.78, 5) is 9.00. The zero-order chi connectivity index (χ0) is 16.2. The maximum Gasteiger partial charge on any atom is 0.300 e. The largest absolute Gasteiger partial charge is 0.481 e. The van der Waals surface area contributed by atoms with Crippen LogP contribution in [-0.2, 0) is 4.79 Å². The normalized spacial score (nSPS) is 9.57. The molecule has 21 heavy (non-hydrogen) atoms. The summed E-state index contributed by atoms with van der Waals surface area (Å²) in [5.41, 5.74) is 0. The molecule has 0 radical (unpaired) electrons. The highest BCUT2D eigenvalue weighted by Crippen LogP contribution is 2.10. The molecule has 0 fully saturated rings. The second-order valence-electron chi connectivity index (χ2n) is 5.36. The standard InChI is InChI=1S/C15H30N2.C2H4O2/c1-2-3-4-5-6-7-8-9-10-11-14-17-15-12-13-16;1-2(3)4/h17H,2-12,14-15H2,1H3;1H3,(H,3,4). The third-order valence-corrected chi connectivity index (χ3v) is 3.12. The Morgan fingerprint density at radius 3 is 1.81 bits per heavy atom. The smallest absolute Gasteiger partial charge is 0.300 e. The number of hydrogen-bond acceptors (Lipinski definition) is 3. The van der Waals surface area contributed by atoms with Crippen molar-refractivity contribution in [3.63, 3.8) is 0 Å². The Balaban J connectivity index is 0. The monoisotopic (exact) mass is 298 g/mol. The van der Waals surface area contributed by atoms with Crippen LogP contribution in [-0.4, -0.2) is 24.2 Å². The predicted molar refractivity (Wildman–Crippen MR) is 88.3 cm³/mol. The van der Waals surface area contributed by atoms with E-state index in [1.165, 1.54) is 64.2 Å². The van der Waals surface area contributed by atoms with Crippen molar-refractivity contribution < 1.29 is 9.90 Å². The quantitative estimate of drug-likeness (QED) is 0.491. The van der Waals surface area contributed by atoms with E-state index < -0.39 is 5.97 Å². The van der Waals surface area contributed by atoms with Crippen LogP contribution in [0.15, 0.2) is 0 Å². The van der Waals surface area contributed by atoms with Gasteiger partial charge in [0, 0.05) is 19.9 Å². The first-order chi connectivity index (χ1) is 10.1. The van der Waals surface area contributed by atoms with Gasteiger partial charge in [-0.2, -0.15) is 5.26 Å². The van der Waals surface area contributed by atoms with E-state index in [1.54, 1.807) is 0 Å². The van der Waals surface area contributed by atoms with E-state index in [0.717, 1.165) is 20.0 Å². The first-order valence-corrected chi connectivity index (χ1v) is 8.42. The van der Waals surface area contributed by atoms with E-state index in [4.69, 9.17) is 15.2 Å². The van der Waals surface area contributed by atoms with Crippen molar-refractivity contribution in [1.29, 1.82) is 5.26 Å². The average molecular weight is 298 g/mol. The number of carboxylic acids is 1. The molecule has 0 heterocycles. The van der Waals surface area contributed by atoms with Crippen molar-refractivity contribution in [1.82, 2.24) is 5.32 Å². The molecule has 0 aromatic rings. The summed E-state index contributed by atoms with van der Waals surface area (Å²) in [5.74, 6) is -0.833. The van der Waals surface area contributed by atoms with Crippen molar-refractivity contribution in [3.8, 4) is 6.07 Å². The van der Waals surface area contributed by atoms with Gasteiger partial charge in [0.1, 0.15) is 0 Å². The number of carbonyl (C=O) groups is 1. The molecule has 0 saturated carbocycles. The molecule has 0 amide bonds. The maximum atomic E-state index is 9.00. The molecule has 4 nitrogen and oxygen atoms in total. The van der Waals surface area contributed by atoms with Crippen molar-refractivity contribution >= 4 is 5.97 Å². The molecule has 2 N–H and O–H groups in total. The summed E-state index contributed by atoms with van der Waals surface area (Å²) in [6.07, 6.45) is 14.5. The minimum absolute atomic E-state index is 0.637. The Morgan fingerprint density at radius 1 is 0.952 bits per heavy atom. The molecule has 124 valence electrons. The summed E-state index contributed by atoms with van der Waals surface area (Å²) in [5, 5.41) is 19.1. The Bertz CT molecular complexity index is 246. The van der Waals surface area contributed by atoms with Gasteiger partial charge in [-0.3, -0.25) is 4.79 Å².